The monoisotopic (exact) mass is 402 g/mol. The molecule has 0 bridgehead atoms. The van der Waals surface area contributed by atoms with E-state index in [9.17, 15) is 19.5 Å². The van der Waals surface area contributed by atoms with Crippen molar-refractivity contribution in [1.82, 2.24) is 10.2 Å². The van der Waals surface area contributed by atoms with Gasteiger partial charge >= 0.3 is 5.97 Å². The summed E-state index contributed by atoms with van der Waals surface area (Å²) < 4.78 is 5.31. The molecule has 2 amide bonds. The quantitative estimate of drug-likeness (QED) is 0.735. The van der Waals surface area contributed by atoms with Crippen LogP contribution in [0.2, 0.25) is 0 Å². The predicted octanol–water partition coefficient (Wildman–Crippen LogP) is 2.61. The van der Waals surface area contributed by atoms with Gasteiger partial charge in [0.15, 0.2) is 0 Å². The summed E-state index contributed by atoms with van der Waals surface area (Å²) in [5.74, 6) is -2.91. The van der Waals surface area contributed by atoms with Crippen LogP contribution in [-0.4, -0.2) is 46.0 Å². The van der Waals surface area contributed by atoms with Crippen LogP contribution in [0.3, 0.4) is 0 Å². The molecule has 0 aliphatic carbocycles. The number of methoxy groups -OCH3 is 1. The van der Waals surface area contributed by atoms with Gasteiger partial charge in [0.25, 0.3) is 0 Å². The van der Waals surface area contributed by atoms with Crippen LogP contribution in [0.1, 0.15) is 52.6 Å². The van der Waals surface area contributed by atoms with Crippen LogP contribution in [-0.2, 0) is 14.4 Å². The number of aliphatic carboxylic acids is 1. The number of nitrogens with one attached hydrogen (secondary N) is 1. The van der Waals surface area contributed by atoms with Crippen LogP contribution in [0.15, 0.2) is 24.3 Å². The number of carboxylic acid groups (broad SMARTS) is 1. The van der Waals surface area contributed by atoms with Crippen molar-refractivity contribution in [2.24, 2.45) is 17.8 Å². The van der Waals surface area contributed by atoms with Crippen molar-refractivity contribution in [3.8, 4) is 5.75 Å². The van der Waals surface area contributed by atoms with Crippen LogP contribution in [0.5, 0.6) is 5.75 Å². The molecule has 2 heterocycles. The van der Waals surface area contributed by atoms with Crippen LogP contribution < -0.4 is 10.1 Å². The Bertz CT molecular complexity index is 844. The molecule has 0 aromatic heterocycles. The smallest absolute Gasteiger partial charge is 0.324 e. The minimum atomic E-state index is -1.50. The Labute approximate surface area is 171 Å². The van der Waals surface area contributed by atoms with Crippen molar-refractivity contribution in [3.05, 3.63) is 29.8 Å². The Kier molecular flexibility index (Phi) is 5.24. The van der Waals surface area contributed by atoms with Crippen molar-refractivity contribution in [1.29, 1.82) is 0 Å². The van der Waals surface area contributed by atoms with Gasteiger partial charge in [0.05, 0.1) is 18.9 Å². The maximum Gasteiger partial charge on any atom is 0.324 e. The van der Waals surface area contributed by atoms with Gasteiger partial charge < -0.3 is 9.84 Å². The Morgan fingerprint density at radius 3 is 2.45 bits per heavy atom. The number of fused-ring (bicyclic) bond motifs is 1. The van der Waals surface area contributed by atoms with E-state index in [-0.39, 0.29) is 18.2 Å². The summed E-state index contributed by atoms with van der Waals surface area (Å²) in [7, 11) is 1.55. The molecule has 3 rings (SSSR count). The number of ether oxygens (including phenoxy) is 1. The first-order chi connectivity index (χ1) is 13.4. The average Bonchev–Trinajstić information content (AvgIpc) is 3.09. The van der Waals surface area contributed by atoms with E-state index in [1.165, 1.54) is 4.90 Å². The number of carbonyl (C=O) groups excluding carboxylic acids is 2. The average molecular weight is 402 g/mol. The number of carbonyl (C=O) groups is 3. The highest BCUT2D eigenvalue weighted by atomic mass is 16.5. The number of hydrogen-bond donors (Lipinski definition) is 2. The summed E-state index contributed by atoms with van der Waals surface area (Å²) in [5, 5.41) is 13.5. The second kappa shape index (κ2) is 7.13. The second-order valence-electron chi connectivity index (χ2n) is 9.46. The fourth-order valence-electron chi connectivity index (χ4n) is 4.90. The van der Waals surface area contributed by atoms with Gasteiger partial charge in [-0.1, -0.05) is 26.0 Å². The van der Waals surface area contributed by atoms with Crippen LogP contribution >= 0.6 is 0 Å². The molecule has 158 valence electrons. The minimum Gasteiger partial charge on any atom is -0.497 e. The van der Waals surface area contributed by atoms with Gasteiger partial charge in [-0.15, -0.1) is 0 Å². The number of nitrogens with zero attached hydrogens (tertiary/aromatic N) is 1. The van der Waals surface area contributed by atoms with Crippen molar-refractivity contribution in [2.75, 3.05) is 7.11 Å². The first-order valence-corrected chi connectivity index (χ1v) is 9.97. The number of likely N-dealkylation sites (tertiary alicyclic amines) is 1. The first kappa shape index (κ1) is 21.3. The Morgan fingerprint density at radius 2 is 1.93 bits per heavy atom. The fraction of sp³-hybridized carbons (Fsp3) is 0.591. The highest BCUT2D eigenvalue weighted by molar-refractivity contribution is 6.10. The number of amides is 2. The lowest BCUT2D eigenvalue weighted by molar-refractivity contribution is -0.154. The van der Waals surface area contributed by atoms with Crippen LogP contribution in [0, 0.1) is 17.8 Å². The highest BCUT2D eigenvalue weighted by Gasteiger charge is 2.69. The third-order valence-electron chi connectivity index (χ3n) is 5.89. The van der Waals surface area contributed by atoms with Gasteiger partial charge in [-0.05, 0) is 50.8 Å². The van der Waals surface area contributed by atoms with Crippen LogP contribution in [0.4, 0.5) is 0 Å². The zero-order valence-electron chi connectivity index (χ0n) is 17.9. The first-order valence-electron chi connectivity index (χ1n) is 9.97. The molecule has 4 atom stereocenters. The molecule has 0 spiro atoms. The SMILES string of the molecule is COc1cccc(C2NC(CC(C)C)(C(=O)O)C3C(=O)N(C(C)(C)C)C(=O)C23)c1. The molecule has 7 heteroatoms. The maximum atomic E-state index is 13.4. The molecule has 2 fully saturated rings. The van der Waals surface area contributed by atoms with E-state index >= 15 is 0 Å². The number of imide groups is 1. The molecular formula is C22H30N2O5. The lowest BCUT2D eigenvalue weighted by Gasteiger charge is -2.36. The molecule has 1 aromatic carbocycles. The van der Waals surface area contributed by atoms with E-state index < -0.39 is 40.8 Å². The van der Waals surface area contributed by atoms with Crippen molar-refractivity contribution < 1.29 is 24.2 Å². The van der Waals surface area contributed by atoms with Gasteiger partial charge in [0.1, 0.15) is 11.3 Å². The number of rotatable bonds is 5. The molecule has 4 unspecified atom stereocenters. The fourth-order valence-corrected chi connectivity index (χ4v) is 4.90. The van der Waals surface area contributed by atoms with Gasteiger partial charge in [0.2, 0.25) is 11.8 Å². The van der Waals surface area contributed by atoms with E-state index in [1.807, 2.05) is 19.9 Å². The number of hydrogen-bond acceptors (Lipinski definition) is 5. The highest BCUT2D eigenvalue weighted by Crippen LogP contribution is 2.52. The largest absolute Gasteiger partial charge is 0.497 e. The van der Waals surface area contributed by atoms with E-state index in [1.54, 1.807) is 46.1 Å². The molecule has 2 aliphatic rings. The second-order valence-corrected chi connectivity index (χ2v) is 9.46. The topological polar surface area (TPSA) is 95.9 Å². The van der Waals surface area contributed by atoms with Gasteiger partial charge in [0, 0.05) is 11.6 Å². The van der Waals surface area contributed by atoms with E-state index in [4.69, 9.17) is 4.74 Å². The number of carboxylic acids is 1. The van der Waals surface area contributed by atoms with E-state index in [0.717, 1.165) is 5.56 Å². The summed E-state index contributed by atoms with van der Waals surface area (Å²) in [6.07, 6.45) is 0.251. The summed E-state index contributed by atoms with van der Waals surface area (Å²) in [6, 6.07) is 6.63. The van der Waals surface area contributed by atoms with E-state index in [2.05, 4.69) is 5.32 Å². The lowest BCUT2D eigenvalue weighted by Crippen LogP contribution is -2.58. The van der Waals surface area contributed by atoms with Gasteiger partial charge in [-0.2, -0.15) is 0 Å². The normalized spacial score (nSPS) is 29.5. The van der Waals surface area contributed by atoms with Gasteiger partial charge in [-0.25, -0.2) is 0 Å². The van der Waals surface area contributed by atoms with Gasteiger partial charge in [-0.3, -0.25) is 24.6 Å². The standard InChI is InChI=1S/C22H30N2O5/c1-12(2)11-22(20(27)28)16-15(18(25)24(19(16)26)21(3,4)5)17(23-22)13-8-7-9-14(10-13)29-6/h7-10,12,15-17,23H,11H2,1-6H3,(H,27,28). The summed E-state index contributed by atoms with van der Waals surface area (Å²) in [6.45, 7) is 9.22. The molecule has 7 nitrogen and oxygen atoms in total. The third kappa shape index (κ3) is 3.31. The Balaban J connectivity index is 2.18. The molecule has 0 saturated carbocycles. The summed E-state index contributed by atoms with van der Waals surface area (Å²) >= 11 is 0. The van der Waals surface area contributed by atoms with Crippen molar-refractivity contribution in [3.63, 3.8) is 0 Å². The lowest BCUT2D eigenvalue weighted by atomic mass is 9.75. The minimum absolute atomic E-state index is 0.0231. The van der Waals surface area contributed by atoms with Crippen LogP contribution in [0.25, 0.3) is 0 Å². The maximum absolute atomic E-state index is 13.4. The number of benzene rings is 1. The summed E-state index contributed by atoms with van der Waals surface area (Å²) in [4.78, 5) is 40.6. The van der Waals surface area contributed by atoms with Crippen molar-refractivity contribution in [2.45, 2.75) is 58.2 Å². The molecule has 0 radical (unpaired) electrons. The Morgan fingerprint density at radius 1 is 1.28 bits per heavy atom. The molecule has 29 heavy (non-hydrogen) atoms. The molecular weight excluding hydrogens is 372 g/mol. The summed E-state index contributed by atoms with van der Waals surface area (Å²) in [5.41, 5.74) is -1.48. The molecule has 2 N–H and O–H groups in total. The third-order valence-corrected chi connectivity index (χ3v) is 5.89. The predicted molar refractivity (Wildman–Crippen MR) is 107 cm³/mol. The van der Waals surface area contributed by atoms with Crippen molar-refractivity contribution >= 4 is 17.8 Å². The molecule has 2 aliphatic heterocycles. The molecule has 1 aromatic rings. The Hall–Kier alpha value is -2.41. The zero-order chi connectivity index (χ0) is 21.7. The zero-order valence-corrected chi connectivity index (χ0v) is 17.9. The van der Waals surface area contributed by atoms with E-state index in [0.29, 0.717) is 5.75 Å². The molecule has 2 saturated heterocycles.